The lowest BCUT2D eigenvalue weighted by Gasteiger charge is -2.21. The van der Waals surface area contributed by atoms with Crippen LogP contribution < -0.4 is 0 Å². The molecule has 5 atom stereocenters. The molecule has 2 unspecified atom stereocenters. The number of rotatable bonds is 59. The van der Waals surface area contributed by atoms with Gasteiger partial charge in [0.2, 0.25) is 0 Å². The maximum absolute atomic E-state index is 12.9. The fraction of sp³-hybridized carbons (Fsp3) is 0.869. The van der Waals surface area contributed by atoms with Gasteiger partial charge in [-0.25, -0.2) is 9.13 Å². The molecule has 0 spiro atoms. The highest BCUT2D eigenvalue weighted by Crippen LogP contribution is 2.45. The molecular formula is C61H114O17P2. The highest BCUT2D eigenvalue weighted by Gasteiger charge is 2.30. The predicted octanol–water partition coefficient (Wildman–Crippen LogP) is 16.2. The van der Waals surface area contributed by atoms with Crippen molar-refractivity contribution in [3.63, 3.8) is 0 Å². The van der Waals surface area contributed by atoms with Gasteiger partial charge in [-0.15, -0.1) is 0 Å². The number of unbranched alkanes of at least 4 members (excludes halogenated alkanes) is 28. The lowest BCUT2D eigenvalue weighted by atomic mass is 10.0. The SMILES string of the molecule is CCCCCC/C=C\C=C/CCCCCCCC(=O)O[C@H](COC(=O)CCCCCCCCCCC(C)C)COP(=O)(O)OC[C@@H](O)COP(=O)(O)OC[C@@H](COC(=O)CCCCCCC)OC(=O)CCCCCCCCCCC. The van der Waals surface area contributed by atoms with E-state index < -0.39 is 97.5 Å². The van der Waals surface area contributed by atoms with Gasteiger partial charge in [0.1, 0.15) is 19.3 Å². The van der Waals surface area contributed by atoms with Gasteiger partial charge in [-0.1, -0.05) is 226 Å². The zero-order chi connectivity index (χ0) is 59.2. The van der Waals surface area contributed by atoms with E-state index in [-0.39, 0.29) is 25.7 Å². The normalized spacial score (nSPS) is 14.5. The van der Waals surface area contributed by atoms with Crippen LogP contribution in [0.15, 0.2) is 24.3 Å². The number of carbonyl (C=O) groups is 4. The number of esters is 4. The van der Waals surface area contributed by atoms with E-state index in [4.69, 9.17) is 37.0 Å². The van der Waals surface area contributed by atoms with Crippen molar-refractivity contribution in [1.82, 2.24) is 0 Å². The Labute approximate surface area is 484 Å². The maximum atomic E-state index is 12.9. The number of hydrogen-bond acceptors (Lipinski definition) is 15. The zero-order valence-corrected chi connectivity index (χ0v) is 52.5. The number of hydrogen-bond donors (Lipinski definition) is 3. The number of ether oxygens (including phenoxy) is 4. The van der Waals surface area contributed by atoms with Gasteiger partial charge in [0, 0.05) is 25.7 Å². The van der Waals surface area contributed by atoms with E-state index >= 15 is 0 Å². The van der Waals surface area contributed by atoms with Crippen LogP contribution >= 0.6 is 15.6 Å². The van der Waals surface area contributed by atoms with Crippen LogP contribution in [0.2, 0.25) is 0 Å². The van der Waals surface area contributed by atoms with E-state index in [1.54, 1.807) is 0 Å². The summed E-state index contributed by atoms with van der Waals surface area (Å²) < 4.78 is 67.6. The smallest absolute Gasteiger partial charge is 0.462 e. The van der Waals surface area contributed by atoms with Gasteiger partial charge in [-0.05, 0) is 57.3 Å². The first-order chi connectivity index (χ1) is 38.5. The van der Waals surface area contributed by atoms with Crippen LogP contribution in [-0.2, 0) is 65.4 Å². The second kappa shape index (κ2) is 54.5. The Balaban J connectivity index is 5.22. The number of phosphoric acid groups is 2. The van der Waals surface area contributed by atoms with E-state index in [2.05, 4.69) is 58.9 Å². The summed E-state index contributed by atoms with van der Waals surface area (Å²) in [6, 6.07) is 0. The van der Waals surface area contributed by atoms with Gasteiger partial charge >= 0.3 is 39.5 Å². The lowest BCUT2D eigenvalue weighted by molar-refractivity contribution is -0.161. The minimum atomic E-state index is -4.95. The Hall–Kier alpha value is -2.46. The minimum Gasteiger partial charge on any atom is -0.462 e. The highest BCUT2D eigenvalue weighted by molar-refractivity contribution is 7.47. The van der Waals surface area contributed by atoms with E-state index in [0.717, 1.165) is 121 Å². The summed E-state index contributed by atoms with van der Waals surface area (Å²) >= 11 is 0. The average Bonchev–Trinajstić information content (AvgIpc) is 3.42. The molecule has 0 saturated carbocycles. The summed E-state index contributed by atoms with van der Waals surface area (Å²) in [6.45, 7) is 6.96. The second-order valence-electron chi connectivity index (χ2n) is 21.9. The van der Waals surface area contributed by atoms with Crippen molar-refractivity contribution in [2.24, 2.45) is 5.92 Å². The van der Waals surface area contributed by atoms with Gasteiger partial charge < -0.3 is 33.8 Å². The van der Waals surface area contributed by atoms with Crippen LogP contribution in [0, 0.1) is 5.92 Å². The molecule has 0 aliphatic carbocycles. The van der Waals surface area contributed by atoms with Crippen LogP contribution in [0.4, 0.5) is 0 Å². The quantitative estimate of drug-likeness (QED) is 0.0169. The Morgan fingerprint density at radius 2 is 0.675 bits per heavy atom. The van der Waals surface area contributed by atoms with Crippen LogP contribution in [-0.4, -0.2) is 96.7 Å². The number of carbonyl (C=O) groups excluding carboxylic acids is 4. The van der Waals surface area contributed by atoms with E-state index in [1.807, 2.05) is 0 Å². The topological polar surface area (TPSA) is 237 Å². The molecule has 19 heteroatoms. The molecule has 3 N–H and O–H groups in total. The predicted molar refractivity (Wildman–Crippen MR) is 317 cm³/mol. The first-order valence-corrected chi connectivity index (χ1v) is 34.4. The standard InChI is InChI=1S/C61H114O17P2/c1-6-9-12-15-17-19-20-21-22-23-24-26-32-37-42-47-61(66)78-57(51-72-59(64)45-40-35-30-28-27-29-34-38-43-54(4)5)53-76-80(69,70)74-49-55(62)48-73-79(67,68)75-52-56(50-71-58(63)44-39-33-14-11-8-3)77-60(65)46-41-36-31-25-18-16-13-10-7-2/h19-22,54-57,62H,6-18,23-53H2,1-5H3,(H,67,68)(H,69,70)/b20-19-,22-21-/t55-,56+,57+/m0/s1. The van der Waals surface area contributed by atoms with E-state index in [9.17, 15) is 43.2 Å². The van der Waals surface area contributed by atoms with Crippen molar-refractivity contribution in [2.75, 3.05) is 39.6 Å². The molecule has 0 bridgehead atoms. The van der Waals surface area contributed by atoms with Crippen LogP contribution in [0.5, 0.6) is 0 Å². The molecule has 0 amide bonds. The van der Waals surface area contributed by atoms with Crippen molar-refractivity contribution in [3.8, 4) is 0 Å². The fourth-order valence-electron chi connectivity index (χ4n) is 8.51. The molecule has 0 aromatic heterocycles. The monoisotopic (exact) mass is 1180 g/mol. The lowest BCUT2D eigenvalue weighted by Crippen LogP contribution is -2.30. The molecule has 0 saturated heterocycles. The number of aliphatic hydroxyl groups is 1. The van der Waals surface area contributed by atoms with Gasteiger partial charge in [0.25, 0.3) is 0 Å². The number of phosphoric ester groups is 2. The minimum absolute atomic E-state index is 0.0843. The molecule has 470 valence electrons. The molecule has 0 aliphatic rings. The average molecular weight is 1180 g/mol. The van der Waals surface area contributed by atoms with Crippen LogP contribution in [0.3, 0.4) is 0 Å². The molecule has 17 nitrogen and oxygen atoms in total. The van der Waals surface area contributed by atoms with Crippen LogP contribution in [0.1, 0.15) is 279 Å². The molecule has 0 heterocycles. The van der Waals surface area contributed by atoms with Crippen molar-refractivity contribution in [1.29, 1.82) is 0 Å². The molecule has 0 aromatic carbocycles. The molecular weight excluding hydrogens is 1070 g/mol. The fourth-order valence-corrected chi connectivity index (χ4v) is 10.1. The van der Waals surface area contributed by atoms with E-state index in [1.165, 1.54) is 77.0 Å². The van der Waals surface area contributed by atoms with Gasteiger partial charge in [-0.2, -0.15) is 0 Å². The Kier molecular flexibility index (Phi) is 52.8. The summed E-state index contributed by atoms with van der Waals surface area (Å²) in [6.07, 6.45) is 40.2. The second-order valence-corrected chi connectivity index (χ2v) is 24.8. The Morgan fingerprint density at radius 3 is 1.02 bits per heavy atom. The third-order valence-corrected chi connectivity index (χ3v) is 15.3. The largest absolute Gasteiger partial charge is 0.472 e. The van der Waals surface area contributed by atoms with Crippen molar-refractivity contribution >= 4 is 39.5 Å². The molecule has 80 heavy (non-hydrogen) atoms. The summed E-state index contributed by atoms with van der Waals surface area (Å²) in [7, 11) is -9.88. The first kappa shape index (κ1) is 77.5. The number of aliphatic hydroxyl groups excluding tert-OH is 1. The Bertz CT molecular complexity index is 1660. The van der Waals surface area contributed by atoms with Crippen LogP contribution in [0.25, 0.3) is 0 Å². The van der Waals surface area contributed by atoms with Crippen molar-refractivity contribution in [3.05, 3.63) is 24.3 Å². The summed E-state index contributed by atoms with van der Waals surface area (Å²) in [5.41, 5.74) is 0. The molecule has 0 radical (unpaired) electrons. The van der Waals surface area contributed by atoms with Crippen molar-refractivity contribution in [2.45, 2.75) is 297 Å². The molecule has 0 aromatic rings. The summed E-state index contributed by atoms with van der Waals surface area (Å²) in [5, 5.41) is 10.5. The zero-order valence-electron chi connectivity index (χ0n) is 50.7. The highest BCUT2D eigenvalue weighted by atomic mass is 31.2. The van der Waals surface area contributed by atoms with Gasteiger partial charge in [0.05, 0.1) is 26.4 Å². The maximum Gasteiger partial charge on any atom is 0.472 e. The van der Waals surface area contributed by atoms with Gasteiger partial charge in [0.15, 0.2) is 12.2 Å². The first-order valence-electron chi connectivity index (χ1n) is 31.5. The summed E-state index contributed by atoms with van der Waals surface area (Å²) in [4.78, 5) is 71.7. The number of allylic oxidation sites excluding steroid dienone is 4. The van der Waals surface area contributed by atoms with Crippen molar-refractivity contribution < 1.29 is 80.2 Å². The third kappa shape index (κ3) is 54.8. The third-order valence-electron chi connectivity index (χ3n) is 13.4. The summed E-state index contributed by atoms with van der Waals surface area (Å²) in [5.74, 6) is -1.46. The molecule has 0 aliphatic heterocycles. The Morgan fingerprint density at radius 1 is 0.388 bits per heavy atom. The molecule has 0 rings (SSSR count). The molecule has 0 fully saturated rings. The van der Waals surface area contributed by atoms with Gasteiger partial charge in [-0.3, -0.25) is 37.3 Å². The van der Waals surface area contributed by atoms with E-state index in [0.29, 0.717) is 25.7 Å².